The third kappa shape index (κ3) is 5.80. The minimum atomic E-state index is -0.697. The molecule has 0 aliphatic heterocycles. The van der Waals surface area contributed by atoms with E-state index in [0.29, 0.717) is 11.7 Å². The van der Waals surface area contributed by atoms with Gasteiger partial charge in [0.2, 0.25) is 0 Å². The number of hydrogen-bond acceptors (Lipinski definition) is 8. The Hall–Kier alpha value is -3.53. The van der Waals surface area contributed by atoms with Crippen molar-refractivity contribution in [3.8, 4) is 22.8 Å². The van der Waals surface area contributed by atoms with Gasteiger partial charge < -0.3 is 21.3 Å². The minimum absolute atomic E-state index is 0.181. The molecule has 200 valence electrons. The molecule has 5 rings (SSSR count). The van der Waals surface area contributed by atoms with Crippen molar-refractivity contribution in [2.45, 2.75) is 70.3 Å². The number of aromatic nitrogens is 4. The van der Waals surface area contributed by atoms with Crippen molar-refractivity contribution < 1.29 is 9.84 Å². The monoisotopic (exact) mass is 515 g/mol. The van der Waals surface area contributed by atoms with E-state index < -0.39 is 6.23 Å². The molecule has 0 bridgehead atoms. The molecule has 1 aliphatic carbocycles. The fourth-order valence-corrected chi connectivity index (χ4v) is 5.28. The van der Waals surface area contributed by atoms with Crippen molar-refractivity contribution in [3.63, 3.8) is 0 Å². The van der Waals surface area contributed by atoms with E-state index in [1.54, 1.807) is 0 Å². The van der Waals surface area contributed by atoms with Crippen LogP contribution in [0.3, 0.4) is 0 Å². The molecule has 9 nitrogen and oxygen atoms in total. The van der Waals surface area contributed by atoms with Crippen LogP contribution in [0.15, 0.2) is 60.9 Å². The zero-order valence-corrected chi connectivity index (χ0v) is 22.0. The van der Waals surface area contributed by atoms with E-state index in [-0.39, 0.29) is 18.1 Å². The Bertz CT molecular complexity index is 1330. The topological polar surface area (TPSA) is 137 Å². The average Bonchev–Trinajstić information content (AvgIpc) is 3.31. The van der Waals surface area contributed by atoms with Crippen molar-refractivity contribution in [3.05, 3.63) is 60.9 Å². The van der Waals surface area contributed by atoms with Gasteiger partial charge in [-0.2, -0.15) is 5.10 Å². The molecule has 0 radical (unpaired) electrons. The summed E-state index contributed by atoms with van der Waals surface area (Å²) in [7, 11) is 0. The minimum Gasteiger partial charge on any atom is -0.457 e. The van der Waals surface area contributed by atoms with Crippen molar-refractivity contribution in [1.82, 2.24) is 25.1 Å². The normalized spacial score (nSPS) is 19.5. The Kier molecular flexibility index (Phi) is 7.87. The molecular weight excluding hydrogens is 478 g/mol. The molecule has 38 heavy (non-hydrogen) atoms. The van der Waals surface area contributed by atoms with Gasteiger partial charge in [-0.15, -0.1) is 0 Å². The highest BCUT2D eigenvalue weighted by molar-refractivity contribution is 5.98. The van der Waals surface area contributed by atoms with Crippen LogP contribution < -0.4 is 21.5 Å². The molecule has 9 heteroatoms. The Balaban J connectivity index is 1.32. The van der Waals surface area contributed by atoms with Crippen LogP contribution >= 0.6 is 0 Å². The first kappa shape index (κ1) is 26.1. The summed E-state index contributed by atoms with van der Waals surface area (Å²) in [6.45, 7) is 4.23. The Morgan fingerprint density at radius 2 is 1.68 bits per heavy atom. The molecular formula is C29H37N7O2. The molecule has 4 aromatic rings. The number of nitrogen functional groups attached to an aromatic ring is 1. The van der Waals surface area contributed by atoms with Gasteiger partial charge in [0.1, 0.15) is 35.6 Å². The number of nitrogens with zero attached hydrogens (tertiary/aromatic N) is 4. The predicted molar refractivity (Wildman–Crippen MR) is 150 cm³/mol. The van der Waals surface area contributed by atoms with E-state index >= 15 is 0 Å². The van der Waals surface area contributed by atoms with Crippen LogP contribution in [0.25, 0.3) is 22.3 Å². The van der Waals surface area contributed by atoms with Gasteiger partial charge in [-0.1, -0.05) is 32.0 Å². The first-order chi connectivity index (χ1) is 18.4. The second-order valence-electron chi connectivity index (χ2n) is 10.6. The Labute approximate surface area is 223 Å². The number of nitrogens with two attached hydrogens (primary N) is 2. The molecule has 0 saturated heterocycles. The van der Waals surface area contributed by atoms with Gasteiger partial charge in [-0.3, -0.25) is 5.32 Å². The molecule has 1 aliphatic rings. The zero-order chi connectivity index (χ0) is 26.6. The van der Waals surface area contributed by atoms with Crippen LogP contribution in [-0.4, -0.2) is 43.2 Å². The summed E-state index contributed by atoms with van der Waals surface area (Å²) in [5.41, 5.74) is 14.9. The second kappa shape index (κ2) is 11.5. The lowest BCUT2D eigenvalue weighted by molar-refractivity contribution is 0.0772. The smallest absolute Gasteiger partial charge is 0.164 e. The highest BCUT2D eigenvalue weighted by atomic mass is 16.5. The molecule has 2 atom stereocenters. The second-order valence-corrected chi connectivity index (χ2v) is 10.6. The lowest BCUT2D eigenvalue weighted by Crippen LogP contribution is -2.50. The highest BCUT2D eigenvalue weighted by Crippen LogP contribution is 2.36. The number of rotatable bonds is 9. The van der Waals surface area contributed by atoms with Gasteiger partial charge in [0, 0.05) is 17.6 Å². The van der Waals surface area contributed by atoms with Crippen LogP contribution in [0.1, 0.15) is 52.0 Å². The van der Waals surface area contributed by atoms with E-state index in [0.717, 1.165) is 65.9 Å². The summed E-state index contributed by atoms with van der Waals surface area (Å²) in [6, 6.07) is 17.7. The number of aliphatic hydroxyl groups excluding tert-OH is 1. The lowest BCUT2D eigenvalue weighted by atomic mass is 9.90. The van der Waals surface area contributed by atoms with Gasteiger partial charge in [-0.05, 0) is 74.4 Å². The quantitative estimate of drug-likeness (QED) is 0.237. The van der Waals surface area contributed by atoms with E-state index in [2.05, 4.69) is 29.1 Å². The van der Waals surface area contributed by atoms with Gasteiger partial charge in [0.05, 0.1) is 11.4 Å². The summed E-state index contributed by atoms with van der Waals surface area (Å²) in [5, 5.41) is 19.6. The van der Waals surface area contributed by atoms with Crippen LogP contribution in [0.4, 0.5) is 5.82 Å². The molecule has 0 spiro atoms. The van der Waals surface area contributed by atoms with Crippen LogP contribution in [0, 0.1) is 5.92 Å². The van der Waals surface area contributed by atoms with Gasteiger partial charge >= 0.3 is 0 Å². The number of benzene rings is 2. The highest BCUT2D eigenvalue weighted by Gasteiger charge is 2.29. The van der Waals surface area contributed by atoms with Gasteiger partial charge in [0.25, 0.3) is 0 Å². The number of aliphatic hydroxyl groups is 1. The van der Waals surface area contributed by atoms with Crippen molar-refractivity contribution in [2.75, 3.05) is 5.73 Å². The van der Waals surface area contributed by atoms with Crippen LogP contribution in [0.2, 0.25) is 0 Å². The number of nitrogens with one attached hydrogen (secondary N) is 1. The summed E-state index contributed by atoms with van der Waals surface area (Å²) >= 11 is 0. The maximum Gasteiger partial charge on any atom is 0.164 e. The number of fused-ring (bicyclic) bond motifs is 1. The summed E-state index contributed by atoms with van der Waals surface area (Å²) in [4.78, 5) is 8.81. The molecule has 1 saturated carbocycles. The Morgan fingerprint density at radius 3 is 2.37 bits per heavy atom. The van der Waals surface area contributed by atoms with E-state index in [9.17, 15) is 5.11 Å². The van der Waals surface area contributed by atoms with E-state index in [1.165, 1.54) is 6.33 Å². The third-order valence-corrected chi connectivity index (χ3v) is 7.22. The van der Waals surface area contributed by atoms with E-state index in [1.807, 2.05) is 59.3 Å². The first-order valence-electron chi connectivity index (χ1n) is 13.4. The first-order valence-corrected chi connectivity index (χ1v) is 13.4. The molecule has 1 fully saturated rings. The largest absolute Gasteiger partial charge is 0.457 e. The maximum atomic E-state index is 10.5. The van der Waals surface area contributed by atoms with Crippen molar-refractivity contribution in [1.29, 1.82) is 0 Å². The molecule has 1 unspecified atom stereocenters. The maximum absolute atomic E-state index is 10.5. The number of ether oxygens (including phenoxy) is 1. The summed E-state index contributed by atoms with van der Waals surface area (Å²) in [5.74, 6) is 2.39. The molecule has 6 N–H and O–H groups in total. The van der Waals surface area contributed by atoms with Gasteiger partial charge in [-0.25, -0.2) is 14.6 Å². The number of anilines is 1. The van der Waals surface area contributed by atoms with Crippen molar-refractivity contribution in [2.24, 2.45) is 11.7 Å². The average molecular weight is 516 g/mol. The molecule has 2 heterocycles. The van der Waals surface area contributed by atoms with Crippen LogP contribution in [0.5, 0.6) is 11.5 Å². The summed E-state index contributed by atoms with van der Waals surface area (Å²) < 4.78 is 7.95. The molecule has 2 aromatic heterocycles. The fourth-order valence-electron chi connectivity index (χ4n) is 5.28. The fraction of sp³-hybridized carbons (Fsp3) is 0.414. The van der Waals surface area contributed by atoms with Gasteiger partial charge in [0.15, 0.2) is 5.65 Å². The lowest BCUT2D eigenvalue weighted by Gasteiger charge is -2.32. The van der Waals surface area contributed by atoms with E-state index in [4.69, 9.17) is 21.3 Å². The Morgan fingerprint density at radius 1 is 1.00 bits per heavy atom. The third-order valence-electron chi connectivity index (χ3n) is 7.22. The number of hydrogen-bond donors (Lipinski definition) is 4. The standard InChI is InChI=1S/C29H37N7O2/c1-18(2)16-24(30)29(37)34-20-10-12-21(13-11-20)36-28-25(27(31)32-17-33-28)26(35-36)19-8-14-23(15-9-19)38-22-6-4-3-5-7-22/h3-9,14-15,17-18,20-21,24,29,34,37H,10-13,16,30H2,1-2H3,(H2,31,32,33)/t20-,21-,24-,29?/m1/s1. The predicted octanol–water partition coefficient (Wildman–Crippen LogP) is 4.63. The molecule has 0 amide bonds. The zero-order valence-electron chi connectivity index (χ0n) is 22.0. The van der Waals surface area contributed by atoms with Crippen molar-refractivity contribution >= 4 is 16.9 Å². The molecule has 2 aromatic carbocycles. The van der Waals surface area contributed by atoms with Crippen LogP contribution in [-0.2, 0) is 0 Å². The SMILES string of the molecule is CC(C)C[C@@H](N)C(O)N[C@H]1CC[C@H](n2nc(-c3ccc(Oc4ccccc4)cc3)c3c(N)ncnc32)CC1. The summed E-state index contributed by atoms with van der Waals surface area (Å²) in [6.07, 6.45) is 5.24. The number of para-hydroxylation sites is 1.